The van der Waals surface area contributed by atoms with Crippen molar-refractivity contribution in [1.82, 2.24) is 5.32 Å². The largest absolute Gasteiger partial charge is 0.480 e. The SMILES string of the molecule is CCC(=O)C(=O)NC(Cc1ccccc1)C(=O)O. The van der Waals surface area contributed by atoms with Gasteiger partial charge in [-0.25, -0.2) is 4.79 Å². The van der Waals surface area contributed by atoms with Gasteiger partial charge < -0.3 is 10.4 Å². The molecule has 0 aliphatic rings. The fourth-order valence-corrected chi connectivity index (χ4v) is 1.45. The summed E-state index contributed by atoms with van der Waals surface area (Å²) in [4.78, 5) is 33.5. The van der Waals surface area contributed by atoms with Gasteiger partial charge in [-0.1, -0.05) is 37.3 Å². The Hall–Kier alpha value is -2.17. The fraction of sp³-hybridized carbons (Fsp3) is 0.308. The van der Waals surface area contributed by atoms with E-state index < -0.39 is 23.7 Å². The van der Waals surface area contributed by atoms with Crippen molar-refractivity contribution in [2.24, 2.45) is 0 Å². The van der Waals surface area contributed by atoms with Crippen molar-refractivity contribution >= 4 is 17.7 Å². The number of Topliss-reactive ketones (excluding diaryl/α,β-unsaturated/α-hetero) is 1. The number of carboxylic acids is 1. The second-order valence-electron chi connectivity index (χ2n) is 3.83. The van der Waals surface area contributed by atoms with E-state index in [1.807, 2.05) is 6.07 Å². The standard InChI is InChI=1S/C13H15NO4/c1-2-11(15)12(16)14-10(13(17)18)8-9-6-4-3-5-7-9/h3-7,10H,2,8H2,1H3,(H,14,16)(H,17,18). The van der Waals surface area contributed by atoms with Crippen LogP contribution >= 0.6 is 0 Å². The van der Waals surface area contributed by atoms with Crippen LogP contribution in [0.2, 0.25) is 0 Å². The molecule has 1 amide bonds. The third-order valence-corrected chi connectivity index (χ3v) is 2.46. The first kappa shape index (κ1) is 13.9. The van der Waals surface area contributed by atoms with E-state index in [1.54, 1.807) is 31.2 Å². The Bertz CT molecular complexity index is 442. The van der Waals surface area contributed by atoms with Crippen molar-refractivity contribution in [3.05, 3.63) is 35.9 Å². The second-order valence-corrected chi connectivity index (χ2v) is 3.83. The number of rotatable bonds is 6. The van der Waals surface area contributed by atoms with Gasteiger partial charge in [-0.05, 0) is 5.56 Å². The van der Waals surface area contributed by atoms with Gasteiger partial charge in [0.05, 0.1) is 0 Å². The molecule has 96 valence electrons. The zero-order chi connectivity index (χ0) is 13.5. The number of ketones is 1. The van der Waals surface area contributed by atoms with E-state index in [-0.39, 0.29) is 12.8 Å². The Kier molecular flexibility index (Phi) is 5.05. The lowest BCUT2D eigenvalue weighted by molar-refractivity contribution is -0.144. The Morgan fingerprint density at radius 3 is 2.33 bits per heavy atom. The van der Waals surface area contributed by atoms with Crippen molar-refractivity contribution in [2.75, 3.05) is 0 Å². The molecule has 0 heterocycles. The Morgan fingerprint density at radius 1 is 1.22 bits per heavy atom. The highest BCUT2D eigenvalue weighted by molar-refractivity contribution is 6.36. The smallest absolute Gasteiger partial charge is 0.326 e. The zero-order valence-corrected chi connectivity index (χ0v) is 10.1. The number of carbonyl (C=O) groups excluding carboxylic acids is 2. The minimum absolute atomic E-state index is 0.0590. The maximum absolute atomic E-state index is 11.4. The summed E-state index contributed by atoms with van der Waals surface area (Å²) in [5.41, 5.74) is 0.786. The first-order valence-corrected chi connectivity index (χ1v) is 5.65. The first-order chi connectivity index (χ1) is 8.54. The summed E-state index contributed by atoms with van der Waals surface area (Å²) in [5.74, 6) is -2.62. The number of nitrogens with one attached hydrogen (secondary N) is 1. The van der Waals surface area contributed by atoms with Crippen LogP contribution in [0.3, 0.4) is 0 Å². The molecule has 0 fully saturated rings. The molecule has 1 rings (SSSR count). The van der Waals surface area contributed by atoms with Crippen LogP contribution in [0.15, 0.2) is 30.3 Å². The molecule has 1 unspecified atom stereocenters. The van der Waals surface area contributed by atoms with Crippen molar-refractivity contribution in [3.8, 4) is 0 Å². The molecular formula is C13H15NO4. The summed E-state index contributed by atoms with van der Waals surface area (Å²) in [6, 6.07) is 7.84. The number of carbonyl (C=O) groups is 3. The minimum atomic E-state index is -1.16. The molecule has 0 saturated carbocycles. The van der Waals surface area contributed by atoms with Crippen LogP contribution in [0.1, 0.15) is 18.9 Å². The van der Waals surface area contributed by atoms with E-state index in [0.29, 0.717) is 0 Å². The third-order valence-electron chi connectivity index (χ3n) is 2.46. The van der Waals surface area contributed by atoms with E-state index in [0.717, 1.165) is 5.56 Å². The van der Waals surface area contributed by atoms with Crippen LogP contribution in [-0.2, 0) is 20.8 Å². The van der Waals surface area contributed by atoms with E-state index in [4.69, 9.17) is 5.11 Å². The summed E-state index contributed by atoms with van der Waals surface area (Å²) in [5, 5.41) is 11.2. The first-order valence-electron chi connectivity index (χ1n) is 5.65. The third kappa shape index (κ3) is 4.01. The number of hydrogen-bond donors (Lipinski definition) is 2. The highest BCUT2D eigenvalue weighted by Gasteiger charge is 2.22. The Balaban J connectivity index is 2.70. The van der Waals surface area contributed by atoms with E-state index in [2.05, 4.69) is 5.32 Å². The molecular weight excluding hydrogens is 234 g/mol. The van der Waals surface area contributed by atoms with E-state index >= 15 is 0 Å². The lowest BCUT2D eigenvalue weighted by atomic mass is 10.1. The second kappa shape index (κ2) is 6.54. The van der Waals surface area contributed by atoms with Gasteiger partial charge in [0.25, 0.3) is 5.91 Å². The normalized spacial score (nSPS) is 11.6. The van der Waals surface area contributed by atoms with Gasteiger partial charge in [0.2, 0.25) is 5.78 Å². The zero-order valence-electron chi connectivity index (χ0n) is 10.1. The van der Waals surface area contributed by atoms with Gasteiger partial charge in [-0.2, -0.15) is 0 Å². The number of carboxylic acid groups (broad SMARTS) is 1. The molecule has 0 saturated heterocycles. The van der Waals surface area contributed by atoms with Crippen LogP contribution in [0, 0.1) is 0 Å². The number of aliphatic carboxylic acids is 1. The molecule has 5 heteroatoms. The van der Waals surface area contributed by atoms with Crippen LogP contribution in [0.25, 0.3) is 0 Å². The molecule has 0 radical (unpaired) electrons. The minimum Gasteiger partial charge on any atom is -0.480 e. The molecule has 0 aromatic heterocycles. The molecule has 1 aromatic carbocycles. The van der Waals surface area contributed by atoms with E-state index in [1.165, 1.54) is 0 Å². The van der Waals surface area contributed by atoms with Crippen molar-refractivity contribution in [3.63, 3.8) is 0 Å². The van der Waals surface area contributed by atoms with Crippen LogP contribution in [0.5, 0.6) is 0 Å². The fourth-order valence-electron chi connectivity index (χ4n) is 1.45. The Morgan fingerprint density at radius 2 is 1.83 bits per heavy atom. The molecule has 0 aliphatic carbocycles. The molecule has 0 bridgehead atoms. The molecule has 1 atom stereocenters. The predicted molar refractivity (Wildman–Crippen MR) is 65.0 cm³/mol. The quantitative estimate of drug-likeness (QED) is 0.730. The highest BCUT2D eigenvalue weighted by Crippen LogP contribution is 2.03. The number of hydrogen-bond acceptors (Lipinski definition) is 3. The van der Waals surface area contributed by atoms with Gasteiger partial charge in [0.1, 0.15) is 6.04 Å². The highest BCUT2D eigenvalue weighted by atomic mass is 16.4. The average molecular weight is 249 g/mol. The molecule has 0 aliphatic heterocycles. The average Bonchev–Trinajstić information content (AvgIpc) is 2.37. The lowest BCUT2D eigenvalue weighted by Crippen LogP contribution is -2.45. The van der Waals surface area contributed by atoms with Gasteiger partial charge in [-0.15, -0.1) is 0 Å². The summed E-state index contributed by atoms with van der Waals surface area (Å²) in [6.45, 7) is 1.55. The van der Waals surface area contributed by atoms with Crippen LogP contribution in [-0.4, -0.2) is 28.8 Å². The summed E-state index contributed by atoms with van der Waals surface area (Å²) in [6.07, 6.45) is 0.211. The molecule has 18 heavy (non-hydrogen) atoms. The topological polar surface area (TPSA) is 83.5 Å². The maximum atomic E-state index is 11.4. The van der Waals surface area contributed by atoms with Crippen LogP contribution < -0.4 is 5.32 Å². The summed E-state index contributed by atoms with van der Waals surface area (Å²) < 4.78 is 0. The lowest BCUT2D eigenvalue weighted by Gasteiger charge is -2.13. The monoisotopic (exact) mass is 249 g/mol. The molecule has 5 nitrogen and oxygen atoms in total. The van der Waals surface area contributed by atoms with Gasteiger partial charge in [-0.3, -0.25) is 9.59 Å². The van der Waals surface area contributed by atoms with Crippen LogP contribution in [0.4, 0.5) is 0 Å². The van der Waals surface area contributed by atoms with Gasteiger partial charge in [0.15, 0.2) is 0 Å². The number of amides is 1. The van der Waals surface area contributed by atoms with E-state index in [9.17, 15) is 14.4 Å². The summed E-state index contributed by atoms with van der Waals surface area (Å²) >= 11 is 0. The maximum Gasteiger partial charge on any atom is 0.326 e. The number of benzene rings is 1. The summed E-state index contributed by atoms with van der Waals surface area (Å²) in [7, 11) is 0. The van der Waals surface area contributed by atoms with Crippen molar-refractivity contribution < 1.29 is 19.5 Å². The van der Waals surface area contributed by atoms with Gasteiger partial charge in [0, 0.05) is 12.8 Å². The van der Waals surface area contributed by atoms with Crippen molar-refractivity contribution in [2.45, 2.75) is 25.8 Å². The Labute approximate surface area is 105 Å². The van der Waals surface area contributed by atoms with Crippen molar-refractivity contribution in [1.29, 1.82) is 0 Å². The molecule has 0 spiro atoms. The van der Waals surface area contributed by atoms with Gasteiger partial charge >= 0.3 is 5.97 Å². The molecule has 1 aromatic rings. The molecule has 2 N–H and O–H groups in total. The predicted octanol–water partition coefficient (Wildman–Crippen LogP) is 0.778.